The number of hydrogen-bond acceptors (Lipinski definition) is 4. The molecular weight excluding hydrogens is 224 g/mol. The van der Waals surface area contributed by atoms with Crippen molar-refractivity contribution in [1.82, 2.24) is 0 Å². The molecule has 0 aliphatic rings. The third-order valence-corrected chi connectivity index (χ3v) is 3.42. The van der Waals surface area contributed by atoms with E-state index >= 15 is 0 Å². The fourth-order valence-corrected chi connectivity index (χ4v) is 2.46. The summed E-state index contributed by atoms with van der Waals surface area (Å²) in [4.78, 5) is 0. The lowest BCUT2D eigenvalue weighted by molar-refractivity contribution is 0.290. The van der Waals surface area contributed by atoms with Crippen molar-refractivity contribution in [3.63, 3.8) is 0 Å². The summed E-state index contributed by atoms with van der Waals surface area (Å²) in [6.45, 7) is 3.02. The van der Waals surface area contributed by atoms with Gasteiger partial charge in [0.15, 0.2) is 0 Å². The summed E-state index contributed by atoms with van der Waals surface area (Å²) in [6.07, 6.45) is 11.8. The standard InChI is InChI=1S/C14H34N4/c1-2-3-4-6-9-13(12-14(16,17)18)10-7-5-8-11-15/h13H,2-12,15-18H2,1H3. The molecule has 0 saturated heterocycles. The third-order valence-electron chi connectivity index (χ3n) is 3.42. The molecule has 1 unspecified atom stereocenters. The van der Waals surface area contributed by atoms with Gasteiger partial charge in [-0.15, -0.1) is 0 Å². The maximum absolute atomic E-state index is 5.73. The van der Waals surface area contributed by atoms with Crippen LogP contribution in [0.15, 0.2) is 0 Å². The van der Waals surface area contributed by atoms with Crippen LogP contribution in [0.1, 0.15) is 71.1 Å². The van der Waals surface area contributed by atoms with Crippen LogP contribution in [-0.4, -0.2) is 12.3 Å². The molecule has 0 spiro atoms. The molecule has 4 heteroatoms. The minimum Gasteiger partial charge on any atom is -0.330 e. The van der Waals surface area contributed by atoms with Crippen molar-refractivity contribution in [2.45, 2.75) is 76.9 Å². The zero-order chi connectivity index (χ0) is 13.9. The van der Waals surface area contributed by atoms with Crippen LogP contribution in [0.25, 0.3) is 0 Å². The lowest BCUT2D eigenvalue weighted by atomic mass is 9.89. The highest BCUT2D eigenvalue weighted by Gasteiger charge is 2.19. The van der Waals surface area contributed by atoms with Crippen molar-refractivity contribution in [3.8, 4) is 0 Å². The minimum atomic E-state index is -1.01. The molecule has 0 aliphatic heterocycles. The van der Waals surface area contributed by atoms with Gasteiger partial charge in [0.2, 0.25) is 0 Å². The van der Waals surface area contributed by atoms with Gasteiger partial charge in [-0.2, -0.15) is 0 Å². The number of rotatable bonds is 12. The number of unbranched alkanes of at least 4 members (excludes halogenated alkanes) is 5. The van der Waals surface area contributed by atoms with Crippen molar-refractivity contribution >= 4 is 0 Å². The van der Waals surface area contributed by atoms with E-state index in [2.05, 4.69) is 6.92 Å². The Kier molecular flexibility index (Phi) is 10.6. The normalized spacial score (nSPS) is 13.8. The molecule has 0 fully saturated rings. The van der Waals surface area contributed by atoms with Crippen LogP contribution < -0.4 is 22.9 Å². The maximum Gasteiger partial charge on any atom is 0.116 e. The second kappa shape index (κ2) is 10.7. The molecule has 0 rings (SSSR count). The van der Waals surface area contributed by atoms with Crippen LogP contribution in [0.5, 0.6) is 0 Å². The molecule has 0 aliphatic carbocycles. The van der Waals surface area contributed by atoms with Crippen LogP contribution in [0.2, 0.25) is 0 Å². The van der Waals surface area contributed by atoms with Gasteiger partial charge in [0.1, 0.15) is 5.79 Å². The Balaban J connectivity index is 3.85. The maximum atomic E-state index is 5.73. The summed E-state index contributed by atoms with van der Waals surface area (Å²) in [5, 5.41) is 0. The lowest BCUT2D eigenvalue weighted by Crippen LogP contribution is -2.58. The first kappa shape index (κ1) is 17.8. The van der Waals surface area contributed by atoms with Gasteiger partial charge in [-0.1, -0.05) is 58.3 Å². The van der Waals surface area contributed by atoms with Gasteiger partial charge in [0, 0.05) is 0 Å². The fraction of sp³-hybridized carbons (Fsp3) is 1.00. The first-order valence-corrected chi connectivity index (χ1v) is 7.56. The summed E-state index contributed by atoms with van der Waals surface area (Å²) < 4.78 is 0. The van der Waals surface area contributed by atoms with Crippen molar-refractivity contribution in [3.05, 3.63) is 0 Å². The predicted octanol–water partition coefficient (Wildman–Crippen LogP) is 2.01. The Bertz CT molecular complexity index is 165. The summed E-state index contributed by atoms with van der Waals surface area (Å²) in [6, 6.07) is 0. The van der Waals surface area contributed by atoms with Crippen LogP contribution in [0.4, 0.5) is 0 Å². The Labute approximate surface area is 113 Å². The van der Waals surface area contributed by atoms with Gasteiger partial charge < -0.3 is 22.9 Å². The molecule has 0 heterocycles. The highest BCUT2D eigenvalue weighted by Crippen LogP contribution is 2.22. The Morgan fingerprint density at radius 3 is 1.83 bits per heavy atom. The SMILES string of the molecule is CCCCCCC(CCCCCN)CC(N)(N)N. The molecule has 0 aromatic rings. The predicted molar refractivity (Wildman–Crippen MR) is 79.7 cm³/mol. The van der Waals surface area contributed by atoms with E-state index in [0.29, 0.717) is 5.92 Å². The molecule has 1 atom stereocenters. The van der Waals surface area contributed by atoms with E-state index in [9.17, 15) is 0 Å². The molecule has 0 aromatic heterocycles. The Hall–Kier alpha value is -0.160. The smallest absolute Gasteiger partial charge is 0.116 e. The molecule has 18 heavy (non-hydrogen) atoms. The highest BCUT2D eigenvalue weighted by molar-refractivity contribution is 4.74. The van der Waals surface area contributed by atoms with Crippen molar-refractivity contribution in [2.24, 2.45) is 28.9 Å². The quantitative estimate of drug-likeness (QED) is 0.317. The molecule has 110 valence electrons. The summed E-state index contributed by atoms with van der Waals surface area (Å²) in [5.41, 5.74) is 22.7. The molecule has 4 nitrogen and oxygen atoms in total. The topological polar surface area (TPSA) is 104 Å². The zero-order valence-corrected chi connectivity index (χ0v) is 12.2. The average molecular weight is 258 g/mol. The van der Waals surface area contributed by atoms with Crippen LogP contribution in [0, 0.1) is 5.92 Å². The van der Waals surface area contributed by atoms with E-state index < -0.39 is 5.79 Å². The van der Waals surface area contributed by atoms with E-state index in [-0.39, 0.29) is 0 Å². The molecular formula is C14H34N4. The van der Waals surface area contributed by atoms with Crippen molar-refractivity contribution in [1.29, 1.82) is 0 Å². The van der Waals surface area contributed by atoms with E-state index in [1.54, 1.807) is 0 Å². The summed E-state index contributed by atoms with van der Waals surface area (Å²) in [7, 11) is 0. The Morgan fingerprint density at radius 2 is 1.39 bits per heavy atom. The van der Waals surface area contributed by atoms with Crippen molar-refractivity contribution in [2.75, 3.05) is 6.54 Å². The van der Waals surface area contributed by atoms with Crippen LogP contribution in [-0.2, 0) is 0 Å². The van der Waals surface area contributed by atoms with Crippen molar-refractivity contribution < 1.29 is 0 Å². The fourth-order valence-electron chi connectivity index (χ4n) is 2.46. The average Bonchev–Trinajstić information content (AvgIpc) is 2.28. The van der Waals surface area contributed by atoms with Gasteiger partial charge in [0.25, 0.3) is 0 Å². The van der Waals surface area contributed by atoms with Gasteiger partial charge in [-0.3, -0.25) is 0 Å². The second-order valence-electron chi connectivity index (χ2n) is 5.67. The van der Waals surface area contributed by atoms with E-state index in [4.69, 9.17) is 22.9 Å². The summed E-state index contributed by atoms with van der Waals surface area (Å²) in [5.74, 6) is -0.442. The van der Waals surface area contributed by atoms with Gasteiger partial charge >= 0.3 is 0 Å². The monoisotopic (exact) mass is 258 g/mol. The second-order valence-corrected chi connectivity index (χ2v) is 5.67. The van der Waals surface area contributed by atoms with E-state index in [1.165, 1.54) is 51.4 Å². The largest absolute Gasteiger partial charge is 0.330 e. The highest BCUT2D eigenvalue weighted by atomic mass is 15.1. The third kappa shape index (κ3) is 12.3. The number of hydrogen-bond donors (Lipinski definition) is 4. The first-order valence-electron chi connectivity index (χ1n) is 7.56. The first-order chi connectivity index (χ1) is 8.49. The van der Waals surface area contributed by atoms with Crippen LogP contribution >= 0.6 is 0 Å². The van der Waals surface area contributed by atoms with E-state index in [0.717, 1.165) is 19.4 Å². The molecule has 0 saturated carbocycles. The number of nitrogens with two attached hydrogens (primary N) is 4. The molecule has 0 radical (unpaired) electrons. The summed E-state index contributed by atoms with van der Waals surface area (Å²) >= 11 is 0. The lowest BCUT2D eigenvalue weighted by Gasteiger charge is -2.25. The van der Waals surface area contributed by atoms with E-state index in [1.807, 2.05) is 0 Å². The minimum absolute atomic E-state index is 0.569. The van der Waals surface area contributed by atoms with Gasteiger partial charge in [-0.05, 0) is 25.3 Å². The van der Waals surface area contributed by atoms with Gasteiger partial charge in [-0.25, -0.2) is 0 Å². The van der Waals surface area contributed by atoms with Gasteiger partial charge in [0.05, 0.1) is 0 Å². The Morgan fingerprint density at radius 1 is 0.833 bits per heavy atom. The van der Waals surface area contributed by atoms with Crippen LogP contribution in [0.3, 0.4) is 0 Å². The molecule has 0 bridgehead atoms. The zero-order valence-electron chi connectivity index (χ0n) is 12.2. The molecule has 8 N–H and O–H groups in total. The molecule has 0 aromatic carbocycles. The molecule has 0 amide bonds.